The van der Waals surface area contributed by atoms with Gasteiger partial charge in [0.1, 0.15) is 5.69 Å². The van der Waals surface area contributed by atoms with E-state index in [4.69, 9.17) is 5.73 Å². The molecule has 3 N–H and O–H groups in total. The molecule has 0 amide bonds. The molecule has 2 heterocycles. The summed E-state index contributed by atoms with van der Waals surface area (Å²) in [7, 11) is 0. The predicted octanol–water partition coefficient (Wildman–Crippen LogP) is 1.24. The first-order valence-electron chi connectivity index (χ1n) is 4.46. The number of H-pyrrole nitrogens is 1. The Morgan fingerprint density at radius 3 is 2.93 bits per heavy atom. The van der Waals surface area contributed by atoms with Gasteiger partial charge in [-0.05, 0) is 24.6 Å². The highest BCUT2D eigenvalue weighted by molar-refractivity contribution is 5.50. The van der Waals surface area contributed by atoms with Gasteiger partial charge in [-0.1, -0.05) is 0 Å². The van der Waals surface area contributed by atoms with Crippen LogP contribution in [0.3, 0.4) is 0 Å². The minimum atomic E-state index is 0.471. The first kappa shape index (κ1) is 8.90. The molecule has 0 saturated heterocycles. The Hall–Kier alpha value is -1.68. The number of nitrogens with zero attached hydrogens (tertiary/aromatic N) is 2. The molecule has 4 nitrogen and oxygen atoms in total. The molecule has 0 spiro atoms. The Morgan fingerprint density at radius 2 is 2.29 bits per heavy atom. The first-order valence-corrected chi connectivity index (χ1v) is 4.46. The van der Waals surface area contributed by atoms with E-state index in [-0.39, 0.29) is 0 Å². The number of hydrogen-bond donors (Lipinski definition) is 2. The molecule has 2 aromatic heterocycles. The van der Waals surface area contributed by atoms with Crippen molar-refractivity contribution in [2.75, 3.05) is 0 Å². The summed E-state index contributed by atoms with van der Waals surface area (Å²) in [5.41, 5.74) is 8.42. The molecule has 0 atom stereocenters. The molecule has 0 aliphatic rings. The maximum atomic E-state index is 5.48. The number of aryl methyl sites for hydroxylation is 1. The van der Waals surface area contributed by atoms with E-state index in [9.17, 15) is 0 Å². The van der Waals surface area contributed by atoms with E-state index in [2.05, 4.69) is 15.0 Å². The van der Waals surface area contributed by atoms with Gasteiger partial charge in [0.05, 0.1) is 0 Å². The number of nitrogens with one attached hydrogen (secondary N) is 1. The normalized spacial score (nSPS) is 10.4. The molecule has 0 bridgehead atoms. The fraction of sp³-hybridized carbons (Fsp3) is 0.200. The highest BCUT2D eigenvalue weighted by Gasteiger charge is 2.03. The minimum absolute atomic E-state index is 0.471. The van der Waals surface area contributed by atoms with Crippen molar-refractivity contribution in [3.63, 3.8) is 0 Å². The molecule has 72 valence electrons. The second kappa shape index (κ2) is 3.59. The van der Waals surface area contributed by atoms with Crippen LogP contribution in [0.5, 0.6) is 0 Å². The van der Waals surface area contributed by atoms with E-state index >= 15 is 0 Å². The van der Waals surface area contributed by atoms with Crippen LogP contribution in [0.4, 0.5) is 0 Å². The Bertz CT molecular complexity index is 433. The van der Waals surface area contributed by atoms with Gasteiger partial charge in [0.25, 0.3) is 0 Å². The minimum Gasteiger partial charge on any atom is -0.339 e. The third-order valence-electron chi connectivity index (χ3n) is 2.01. The van der Waals surface area contributed by atoms with Gasteiger partial charge in [-0.25, -0.2) is 4.98 Å². The van der Waals surface area contributed by atoms with E-state index in [1.54, 1.807) is 12.4 Å². The Kier molecular flexibility index (Phi) is 2.28. The molecule has 0 fully saturated rings. The van der Waals surface area contributed by atoms with Crippen molar-refractivity contribution in [1.82, 2.24) is 15.0 Å². The van der Waals surface area contributed by atoms with Crippen molar-refractivity contribution in [1.29, 1.82) is 0 Å². The molecular formula is C10H12N4. The van der Waals surface area contributed by atoms with E-state index in [1.165, 1.54) is 5.56 Å². The highest BCUT2D eigenvalue weighted by atomic mass is 14.9. The largest absolute Gasteiger partial charge is 0.339 e. The van der Waals surface area contributed by atoms with E-state index in [0.29, 0.717) is 6.54 Å². The average Bonchev–Trinajstić information content (AvgIpc) is 2.66. The lowest BCUT2D eigenvalue weighted by atomic mass is 10.2. The summed E-state index contributed by atoms with van der Waals surface area (Å²) in [5, 5.41) is 0. The van der Waals surface area contributed by atoms with Crippen LogP contribution in [0.25, 0.3) is 11.5 Å². The van der Waals surface area contributed by atoms with Gasteiger partial charge in [-0.3, -0.25) is 4.98 Å². The smallest absolute Gasteiger partial charge is 0.156 e. The number of imidazole rings is 1. The van der Waals surface area contributed by atoms with Crippen LogP contribution in [0.2, 0.25) is 0 Å². The second-order valence-corrected chi connectivity index (χ2v) is 3.18. The number of aromatic nitrogens is 3. The van der Waals surface area contributed by atoms with Crippen LogP contribution in [0.15, 0.2) is 24.5 Å². The van der Waals surface area contributed by atoms with E-state index < -0.39 is 0 Å². The standard InChI is InChI=1S/C10H12N4/c1-7-2-3-12-9(4-7)10-13-6-8(5-11)14-10/h2-4,6H,5,11H2,1H3,(H,13,14). The first-order chi connectivity index (χ1) is 6.79. The van der Waals surface area contributed by atoms with Crippen LogP contribution < -0.4 is 5.73 Å². The topological polar surface area (TPSA) is 67.6 Å². The number of aromatic amines is 1. The highest BCUT2D eigenvalue weighted by Crippen LogP contribution is 2.13. The molecule has 0 aliphatic heterocycles. The van der Waals surface area contributed by atoms with Crippen LogP contribution in [0, 0.1) is 6.92 Å². The van der Waals surface area contributed by atoms with Crippen molar-refractivity contribution in [2.45, 2.75) is 13.5 Å². The lowest BCUT2D eigenvalue weighted by Gasteiger charge is -1.96. The maximum Gasteiger partial charge on any atom is 0.156 e. The Morgan fingerprint density at radius 1 is 1.43 bits per heavy atom. The van der Waals surface area contributed by atoms with Crippen LogP contribution >= 0.6 is 0 Å². The summed E-state index contributed by atoms with van der Waals surface area (Å²) in [6.45, 7) is 2.50. The zero-order valence-corrected chi connectivity index (χ0v) is 7.99. The molecule has 0 saturated carbocycles. The van der Waals surface area contributed by atoms with Crippen molar-refractivity contribution in [2.24, 2.45) is 5.73 Å². The fourth-order valence-corrected chi connectivity index (χ4v) is 1.26. The maximum absolute atomic E-state index is 5.48. The number of hydrogen-bond acceptors (Lipinski definition) is 3. The molecule has 0 aliphatic carbocycles. The number of pyridine rings is 1. The SMILES string of the molecule is Cc1ccnc(-c2ncc(CN)[nH]2)c1. The summed E-state index contributed by atoms with van der Waals surface area (Å²) in [6, 6.07) is 3.94. The van der Waals surface area contributed by atoms with Gasteiger partial charge in [0.15, 0.2) is 5.82 Å². The summed E-state index contributed by atoms with van der Waals surface area (Å²) in [6.07, 6.45) is 3.51. The van der Waals surface area contributed by atoms with Gasteiger partial charge in [0.2, 0.25) is 0 Å². The summed E-state index contributed by atoms with van der Waals surface area (Å²) in [5.74, 6) is 0.772. The molecule has 14 heavy (non-hydrogen) atoms. The molecule has 0 aromatic carbocycles. The van der Waals surface area contributed by atoms with Crippen LogP contribution in [-0.4, -0.2) is 15.0 Å². The zero-order chi connectivity index (χ0) is 9.97. The van der Waals surface area contributed by atoms with Crippen molar-refractivity contribution in [3.05, 3.63) is 35.8 Å². The third kappa shape index (κ3) is 1.65. The monoisotopic (exact) mass is 188 g/mol. The number of rotatable bonds is 2. The quantitative estimate of drug-likeness (QED) is 0.745. The van der Waals surface area contributed by atoms with Gasteiger partial charge in [-0.15, -0.1) is 0 Å². The van der Waals surface area contributed by atoms with Gasteiger partial charge < -0.3 is 10.7 Å². The second-order valence-electron chi connectivity index (χ2n) is 3.18. The van der Waals surface area contributed by atoms with Crippen molar-refractivity contribution >= 4 is 0 Å². The Labute approximate surface area is 82.2 Å². The molecule has 0 radical (unpaired) electrons. The van der Waals surface area contributed by atoms with Gasteiger partial charge in [-0.2, -0.15) is 0 Å². The van der Waals surface area contributed by atoms with Crippen molar-refractivity contribution < 1.29 is 0 Å². The Balaban J connectivity index is 2.39. The lowest BCUT2D eigenvalue weighted by Crippen LogP contribution is -1.95. The predicted molar refractivity (Wildman–Crippen MR) is 54.4 cm³/mol. The molecule has 4 heteroatoms. The summed E-state index contributed by atoms with van der Waals surface area (Å²) in [4.78, 5) is 11.5. The molecular weight excluding hydrogens is 176 g/mol. The fourth-order valence-electron chi connectivity index (χ4n) is 1.26. The lowest BCUT2D eigenvalue weighted by molar-refractivity contribution is 1.01. The number of nitrogens with two attached hydrogens (primary N) is 1. The van der Waals surface area contributed by atoms with Crippen LogP contribution in [-0.2, 0) is 6.54 Å². The van der Waals surface area contributed by atoms with Crippen LogP contribution in [0.1, 0.15) is 11.3 Å². The third-order valence-corrected chi connectivity index (χ3v) is 2.01. The molecule has 2 rings (SSSR count). The van der Waals surface area contributed by atoms with Gasteiger partial charge in [0, 0.05) is 24.6 Å². The van der Waals surface area contributed by atoms with Crippen molar-refractivity contribution in [3.8, 4) is 11.5 Å². The molecule has 0 unspecified atom stereocenters. The van der Waals surface area contributed by atoms with Gasteiger partial charge >= 0.3 is 0 Å². The molecule has 2 aromatic rings. The zero-order valence-electron chi connectivity index (χ0n) is 7.99. The average molecular weight is 188 g/mol. The summed E-state index contributed by atoms with van der Waals surface area (Å²) >= 11 is 0. The summed E-state index contributed by atoms with van der Waals surface area (Å²) < 4.78 is 0. The van der Waals surface area contributed by atoms with E-state index in [1.807, 2.05) is 19.1 Å². The van der Waals surface area contributed by atoms with E-state index in [0.717, 1.165) is 17.2 Å².